The van der Waals surface area contributed by atoms with Crippen molar-refractivity contribution in [3.05, 3.63) is 12.2 Å². The number of allylic oxidation sites excluding steroid dienone is 1. The molecule has 0 aromatic heterocycles. The SMILES string of the molecule is CCCCCCCCC(C=CCCCCCC(F)C(=O)O)CO. The third-order valence-corrected chi connectivity index (χ3v) is 4.17. The average molecular weight is 330 g/mol. The Balaban J connectivity index is 3.56. The molecule has 3 nitrogen and oxygen atoms in total. The van der Waals surface area contributed by atoms with Gasteiger partial charge in [0, 0.05) is 6.61 Å². The largest absolute Gasteiger partial charge is 0.479 e. The van der Waals surface area contributed by atoms with Crippen LogP contribution in [-0.4, -0.2) is 29.0 Å². The first kappa shape index (κ1) is 22.1. The minimum absolute atomic E-state index is 0.107. The van der Waals surface area contributed by atoms with Gasteiger partial charge >= 0.3 is 5.97 Å². The van der Waals surface area contributed by atoms with Gasteiger partial charge in [-0.2, -0.15) is 0 Å². The van der Waals surface area contributed by atoms with Gasteiger partial charge in [-0.25, -0.2) is 9.18 Å². The molecule has 4 heteroatoms. The van der Waals surface area contributed by atoms with Gasteiger partial charge in [0.1, 0.15) is 0 Å². The molecular formula is C19H35FO3. The van der Waals surface area contributed by atoms with Crippen LogP contribution in [0.5, 0.6) is 0 Å². The Labute approximate surface area is 141 Å². The van der Waals surface area contributed by atoms with Gasteiger partial charge in [0.25, 0.3) is 0 Å². The molecule has 0 aliphatic carbocycles. The molecule has 0 aliphatic rings. The van der Waals surface area contributed by atoms with E-state index in [2.05, 4.69) is 19.1 Å². The summed E-state index contributed by atoms with van der Waals surface area (Å²) >= 11 is 0. The summed E-state index contributed by atoms with van der Waals surface area (Å²) in [6.45, 7) is 2.42. The molecular weight excluding hydrogens is 295 g/mol. The summed E-state index contributed by atoms with van der Waals surface area (Å²) in [6, 6.07) is 0. The van der Waals surface area contributed by atoms with Gasteiger partial charge in [-0.15, -0.1) is 0 Å². The van der Waals surface area contributed by atoms with Crippen molar-refractivity contribution in [3.63, 3.8) is 0 Å². The molecule has 0 rings (SSSR count). The lowest BCUT2D eigenvalue weighted by Gasteiger charge is -2.09. The van der Waals surface area contributed by atoms with Crippen molar-refractivity contribution in [1.82, 2.24) is 0 Å². The first-order valence-electron chi connectivity index (χ1n) is 9.26. The molecule has 0 saturated heterocycles. The van der Waals surface area contributed by atoms with Crippen molar-refractivity contribution < 1.29 is 19.4 Å². The van der Waals surface area contributed by atoms with Gasteiger partial charge in [-0.1, -0.05) is 64.0 Å². The predicted molar refractivity (Wildman–Crippen MR) is 93.3 cm³/mol. The highest BCUT2D eigenvalue weighted by molar-refractivity contribution is 5.71. The number of aliphatic hydroxyl groups is 1. The smallest absolute Gasteiger partial charge is 0.338 e. The molecule has 136 valence electrons. The fourth-order valence-corrected chi connectivity index (χ4v) is 2.61. The van der Waals surface area contributed by atoms with Gasteiger partial charge in [-0.05, 0) is 38.0 Å². The first-order valence-corrected chi connectivity index (χ1v) is 9.26. The van der Waals surface area contributed by atoms with E-state index in [1.54, 1.807) is 0 Å². The molecule has 0 radical (unpaired) electrons. The van der Waals surface area contributed by atoms with Crippen LogP contribution >= 0.6 is 0 Å². The maximum atomic E-state index is 12.8. The van der Waals surface area contributed by atoms with Crippen molar-refractivity contribution in [2.24, 2.45) is 5.92 Å². The molecule has 0 heterocycles. The zero-order chi connectivity index (χ0) is 17.3. The molecule has 0 saturated carbocycles. The van der Waals surface area contributed by atoms with Crippen LogP contribution in [0.3, 0.4) is 0 Å². The van der Waals surface area contributed by atoms with Gasteiger partial charge in [0.15, 0.2) is 6.17 Å². The normalized spacial score (nSPS) is 14.2. The summed E-state index contributed by atoms with van der Waals surface area (Å²) in [7, 11) is 0. The molecule has 0 amide bonds. The lowest BCUT2D eigenvalue weighted by molar-refractivity contribution is -0.143. The van der Waals surface area contributed by atoms with Crippen molar-refractivity contribution >= 4 is 5.97 Å². The zero-order valence-electron chi connectivity index (χ0n) is 14.7. The van der Waals surface area contributed by atoms with E-state index in [1.807, 2.05) is 0 Å². The standard InChI is InChI=1S/C19H35FO3/c1-2-3-4-5-7-10-13-17(16-21)14-11-8-6-9-12-15-18(20)19(22)23/h11,14,17-18,21H,2-10,12-13,15-16H2,1H3,(H,22,23). The summed E-state index contributed by atoms with van der Waals surface area (Å²) < 4.78 is 12.8. The van der Waals surface area contributed by atoms with E-state index in [-0.39, 0.29) is 18.9 Å². The number of alkyl halides is 1. The van der Waals surface area contributed by atoms with Gasteiger partial charge < -0.3 is 10.2 Å². The van der Waals surface area contributed by atoms with Gasteiger partial charge in [-0.3, -0.25) is 0 Å². The molecule has 2 N–H and O–H groups in total. The maximum absolute atomic E-state index is 12.8. The van der Waals surface area contributed by atoms with Crippen molar-refractivity contribution in [2.45, 2.75) is 90.1 Å². The highest BCUT2D eigenvalue weighted by atomic mass is 19.1. The Morgan fingerprint density at radius 3 is 2.26 bits per heavy atom. The second kappa shape index (κ2) is 16.0. The van der Waals surface area contributed by atoms with E-state index in [4.69, 9.17) is 5.11 Å². The van der Waals surface area contributed by atoms with Crippen LogP contribution < -0.4 is 0 Å². The Morgan fingerprint density at radius 2 is 1.61 bits per heavy atom. The quantitative estimate of drug-likeness (QED) is 0.299. The predicted octanol–water partition coefficient (Wildman–Crippen LogP) is 5.27. The third kappa shape index (κ3) is 14.4. The maximum Gasteiger partial charge on any atom is 0.338 e. The van der Waals surface area contributed by atoms with E-state index in [1.165, 1.54) is 38.5 Å². The van der Waals surface area contributed by atoms with E-state index < -0.39 is 12.1 Å². The molecule has 23 heavy (non-hydrogen) atoms. The topological polar surface area (TPSA) is 57.5 Å². The lowest BCUT2D eigenvalue weighted by Crippen LogP contribution is -2.13. The Kier molecular flexibility index (Phi) is 15.4. The number of halogens is 1. The number of hydrogen-bond acceptors (Lipinski definition) is 2. The minimum atomic E-state index is -1.72. The number of aliphatic carboxylic acids is 1. The number of unbranched alkanes of at least 4 members (excludes halogenated alkanes) is 8. The van der Waals surface area contributed by atoms with Crippen LogP contribution in [-0.2, 0) is 4.79 Å². The van der Waals surface area contributed by atoms with Crippen LogP contribution in [0.4, 0.5) is 4.39 Å². The Hall–Kier alpha value is -0.900. The van der Waals surface area contributed by atoms with Crippen molar-refractivity contribution in [1.29, 1.82) is 0 Å². The molecule has 0 aromatic rings. The van der Waals surface area contributed by atoms with Crippen LogP contribution in [0.1, 0.15) is 84.0 Å². The summed E-state index contributed by atoms with van der Waals surface area (Å²) in [4.78, 5) is 10.3. The lowest BCUT2D eigenvalue weighted by atomic mass is 9.99. The van der Waals surface area contributed by atoms with E-state index in [9.17, 15) is 14.3 Å². The molecule has 0 aliphatic heterocycles. The molecule has 0 fully saturated rings. The number of aliphatic hydroxyl groups excluding tert-OH is 1. The fourth-order valence-electron chi connectivity index (χ4n) is 2.61. The molecule has 0 bridgehead atoms. The summed E-state index contributed by atoms with van der Waals surface area (Å²) in [5, 5.41) is 17.8. The first-order chi connectivity index (χ1) is 11.1. The average Bonchev–Trinajstić information content (AvgIpc) is 2.54. The van der Waals surface area contributed by atoms with Crippen LogP contribution in [0.2, 0.25) is 0 Å². The third-order valence-electron chi connectivity index (χ3n) is 4.17. The van der Waals surface area contributed by atoms with Gasteiger partial charge in [0.05, 0.1) is 0 Å². The van der Waals surface area contributed by atoms with E-state index in [0.29, 0.717) is 6.42 Å². The zero-order valence-corrected chi connectivity index (χ0v) is 14.7. The van der Waals surface area contributed by atoms with Crippen molar-refractivity contribution in [2.75, 3.05) is 6.61 Å². The Bertz CT molecular complexity index is 305. The number of hydrogen-bond donors (Lipinski definition) is 2. The van der Waals surface area contributed by atoms with E-state index >= 15 is 0 Å². The number of carboxylic acid groups (broad SMARTS) is 1. The highest BCUT2D eigenvalue weighted by Gasteiger charge is 2.13. The fraction of sp³-hybridized carbons (Fsp3) is 0.842. The van der Waals surface area contributed by atoms with Crippen LogP contribution in [0, 0.1) is 5.92 Å². The molecule has 0 spiro atoms. The number of rotatable bonds is 16. The molecule has 2 unspecified atom stereocenters. The van der Waals surface area contributed by atoms with E-state index in [0.717, 1.165) is 25.7 Å². The molecule has 0 aromatic carbocycles. The molecule has 2 atom stereocenters. The highest BCUT2D eigenvalue weighted by Crippen LogP contribution is 2.14. The second-order valence-corrected chi connectivity index (χ2v) is 6.37. The van der Waals surface area contributed by atoms with Crippen LogP contribution in [0.25, 0.3) is 0 Å². The summed E-state index contributed by atoms with van der Waals surface area (Å²) in [5.41, 5.74) is 0. The summed E-state index contributed by atoms with van der Waals surface area (Å²) in [6.07, 6.45) is 14.6. The van der Waals surface area contributed by atoms with Crippen molar-refractivity contribution in [3.8, 4) is 0 Å². The van der Waals surface area contributed by atoms with Gasteiger partial charge in [0.2, 0.25) is 0 Å². The minimum Gasteiger partial charge on any atom is -0.479 e. The number of carbonyl (C=O) groups is 1. The monoisotopic (exact) mass is 330 g/mol. The second-order valence-electron chi connectivity index (χ2n) is 6.37. The number of carboxylic acids is 1. The Morgan fingerprint density at radius 1 is 1.00 bits per heavy atom. The van der Waals surface area contributed by atoms with Crippen LogP contribution in [0.15, 0.2) is 12.2 Å². The summed E-state index contributed by atoms with van der Waals surface area (Å²) in [5.74, 6) is -1.10.